The first-order valence-electron chi connectivity index (χ1n) is 6.97. The Morgan fingerprint density at radius 3 is 2.95 bits per heavy atom. The minimum atomic E-state index is -0.453. The second-order valence-electron chi connectivity index (χ2n) is 5.72. The normalized spacial score (nSPS) is 20.3. The van der Waals surface area contributed by atoms with Crippen molar-refractivity contribution in [3.63, 3.8) is 0 Å². The third-order valence-electron chi connectivity index (χ3n) is 3.82. The molecule has 0 spiro atoms. The molecule has 1 atom stereocenters. The number of fused-ring (bicyclic) bond motifs is 1. The van der Waals surface area contributed by atoms with Crippen molar-refractivity contribution in [3.05, 3.63) is 23.8 Å². The van der Waals surface area contributed by atoms with Crippen molar-refractivity contribution in [1.29, 1.82) is 0 Å². The number of thiazole rings is 1. The summed E-state index contributed by atoms with van der Waals surface area (Å²) in [5.41, 5.74) is 2.00. The summed E-state index contributed by atoms with van der Waals surface area (Å²) < 4.78 is 1.05. The molecule has 22 heavy (non-hydrogen) atoms. The van der Waals surface area contributed by atoms with Gasteiger partial charge in [-0.15, -0.1) is 11.8 Å². The molecule has 7 heteroatoms. The van der Waals surface area contributed by atoms with Crippen molar-refractivity contribution in [2.45, 2.75) is 31.7 Å². The average Bonchev–Trinajstić information content (AvgIpc) is 2.99. The minimum Gasteiger partial charge on any atom is -0.318 e. The van der Waals surface area contributed by atoms with E-state index < -0.39 is 6.04 Å². The van der Waals surface area contributed by atoms with Gasteiger partial charge in [-0.1, -0.05) is 23.5 Å². The fourth-order valence-corrected chi connectivity index (χ4v) is 4.69. The molecule has 1 aliphatic rings. The number of carbonyl (C=O) groups excluding carboxylic acids is 2. The van der Waals surface area contributed by atoms with Gasteiger partial charge < -0.3 is 10.2 Å². The van der Waals surface area contributed by atoms with Gasteiger partial charge in [-0.25, -0.2) is 4.98 Å². The van der Waals surface area contributed by atoms with Crippen LogP contribution in [-0.2, 0) is 9.59 Å². The van der Waals surface area contributed by atoms with E-state index >= 15 is 0 Å². The lowest BCUT2D eigenvalue weighted by Gasteiger charge is -2.29. The molecule has 0 saturated carbocycles. The number of carbonyl (C=O) groups is 2. The fraction of sp³-hybridized carbons (Fsp3) is 0.400. The molecule has 1 unspecified atom stereocenters. The van der Waals surface area contributed by atoms with Crippen LogP contribution in [0.4, 0.5) is 5.13 Å². The Balaban J connectivity index is 1.81. The molecule has 1 fully saturated rings. The van der Waals surface area contributed by atoms with Crippen LogP contribution in [0.1, 0.15) is 19.4 Å². The summed E-state index contributed by atoms with van der Waals surface area (Å²) in [5, 5.41) is 3.44. The van der Waals surface area contributed by atoms with Crippen LogP contribution in [0.5, 0.6) is 0 Å². The SMILES string of the molecule is Cc1cccc2sc(NC(=O)C3CSC(C)(C)N3C=O)nc12. The van der Waals surface area contributed by atoms with E-state index in [0.29, 0.717) is 10.9 Å². The quantitative estimate of drug-likeness (QED) is 0.876. The van der Waals surface area contributed by atoms with Gasteiger partial charge in [-0.05, 0) is 32.4 Å². The first kappa shape index (κ1) is 15.3. The van der Waals surface area contributed by atoms with Crippen LogP contribution in [-0.4, -0.2) is 38.9 Å². The largest absolute Gasteiger partial charge is 0.318 e. The maximum atomic E-state index is 12.5. The van der Waals surface area contributed by atoms with Crippen molar-refractivity contribution < 1.29 is 9.59 Å². The van der Waals surface area contributed by atoms with E-state index in [0.717, 1.165) is 22.2 Å². The first-order valence-corrected chi connectivity index (χ1v) is 8.77. The number of hydrogen-bond acceptors (Lipinski definition) is 5. The molecule has 1 aromatic heterocycles. The van der Waals surface area contributed by atoms with Crippen molar-refractivity contribution in [3.8, 4) is 0 Å². The molecule has 0 bridgehead atoms. The third kappa shape index (κ3) is 2.59. The number of amides is 2. The minimum absolute atomic E-state index is 0.179. The van der Waals surface area contributed by atoms with Gasteiger partial charge in [0.2, 0.25) is 12.3 Å². The van der Waals surface area contributed by atoms with Gasteiger partial charge >= 0.3 is 0 Å². The van der Waals surface area contributed by atoms with Crippen molar-refractivity contribution in [1.82, 2.24) is 9.88 Å². The summed E-state index contributed by atoms with van der Waals surface area (Å²) in [7, 11) is 0. The Morgan fingerprint density at radius 2 is 2.27 bits per heavy atom. The Bertz CT molecular complexity index is 741. The van der Waals surface area contributed by atoms with Crippen LogP contribution >= 0.6 is 23.1 Å². The maximum Gasteiger partial charge on any atom is 0.249 e. The standard InChI is InChI=1S/C15H17N3O2S2/c1-9-5-4-6-11-12(9)16-14(22-11)17-13(20)10-7-21-15(2,3)18(10)8-19/h4-6,8,10H,7H2,1-3H3,(H,16,17,20). The molecule has 1 N–H and O–H groups in total. The molecule has 3 rings (SSSR count). The fourth-order valence-electron chi connectivity index (χ4n) is 2.54. The highest BCUT2D eigenvalue weighted by atomic mass is 32.2. The molecule has 1 saturated heterocycles. The van der Waals surface area contributed by atoms with Gasteiger partial charge in [0.1, 0.15) is 6.04 Å². The third-order valence-corrected chi connectivity index (χ3v) is 6.15. The number of nitrogens with zero attached hydrogens (tertiary/aromatic N) is 2. The topological polar surface area (TPSA) is 62.3 Å². The summed E-state index contributed by atoms with van der Waals surface area (Å²) >= 11 is 3.05. The van der Waals surface area contributed by atoms with E-state index in [1.165, 1.54) is 11.3 Å². The number of benzene rings is 1. The summed E-state index contributed by atoms with van der Waals surface area (Å²) in [4.78, 5) is 29.5. The summed E-state index contributed by atoms with van der Waals surface area (Å²) in [6.45, 7) is 5.89. The first-order chi connectivity index (χ1) is 10.4. The molecule has 1 aliphatic heterocycles. The van der Waals surface area contributed by atoms with Crippen LogP contribution in [0, 0.1) is 6.92 Å². The zero-order chi connectivity index (χ0) is 15.9. The Labute approximate surface area is 137 Å². The van der Waals surface area contributed by atoms with Crippen LogP contribution in [0.2, 0.25) is 0 Å². The smallest absolute Gasteiger partial charge is 0.249 e. The molecule has 2 amide bonds. The highest BCUT2D eigenvalue weighted by molar-refractivity contribution is 8.00. The molecule has 1 aromatic carbocycles. The van der Waals surface area contributed by atoms with Gasteiger partial charge in [-0.3, -0.25) is 9.59 Å². The summed E-state index contributed by atoms with van der Waals surface area (Å²) in [5.74, 6) is 0.420. The predicted octanol–water partition coefficient (Wildman–Crippen LogP) is 2.85. The van der Waals surface area contributed by atoms with Gasteiger partial charge in [0.15, 0.2) is 5.13 Å². The predicted molar refractivity (Wildman–Crippen MR) is 91.2 cm³/mol. The number of aryl methyl sites for hydroxylation is 1. The number of rotatable bonds is 3. The second-order valence-corrected chi connectivity index (χ2v) is 8.37. The lowest BCUT2D eigenvalue weighted by atomic mass is 10.2. The number of hydrogen-bond donors (Lipinski definition) is 1. The lowest BCUT2D eigenvalue weighted by molar-refractivity contribution is -0.130. The summed E-state index contributed by atoms with van der Waals surface area (Å²) in [6, 6.07) is 5.51. The molecule has 0 aliphatic carbocycles. The van der Waals surface area contributed by atoms with E-state index in [4.69, 9.17) is 0 Å². The molecular formula is C15H17N3O2S2. The van der Waals surface area contributed by atoms with Crippen molar-refractivity contribution >= 4 is 50.8 Å². The highest BCUT2D eigenvalue weighted by Gasteiger charge is 2.43. The number of thioether (sulfide) groups is 1. The van der Waals surface area contributed by atoms with Gasteiger partial charge in [0.25, 0.3) is 0 Å². The van der Waals surface area contributed by atoms with Crippen LogP contribution in [0.25, 0.3) is 10.2 Å². The zero-order valence-electron chi connectivity index (χ0n) is 12.6. The van der Waals surface area contributed by atoms with Crippen LogP contribution < -0.4 is 5.32 Å². The Hall–Kier alpha value is -1.60. The van der Waals surface area contributed by atoms with E-state index in [-0.39, 0.29) is 10.8 Å². The van der Waals surface area contributed by atoms with Gasteiger partial charge in [0.05, 0.1) is 15.1 Å². The number of aromatic nitrogens is 1. The average molecular weight is 335 g/mol. The molecule has 2 heterocycles. The van der Waals surface area contributed by atoms with E-state index in [1.807, 2.05) is 39.0 Å². The number of para-hydroxylation sites is 1. The molecular weight excluding hydrogens is 318 g/mol. The molecule has 116 valence electrons. The van der Waals surface area contributed by atoms with E-state index in [2.05, 4.69) is 10.3 Å². The zero-order valence-corrected chi connectivity index (χ0v) is 14.3. The Kier molecular flexibility index (Phi) is 3.86. The van der Waals surface area contributed by atoms with E-state index in [1.54, 1.807) is 16.7 Å². The maximum absolute atomic E-state index is 12.5. The molecule has 5 nitrogen and oxygen atoms in total. The highest BCUT2D eigenvalue weighted by Crippen LogP contribution is 2.38. The molecule has 2 aromatic rings. The monoisotopic (exact) mass is 335 g/mol. The summed E-state index contributed by atoms with van der Waals surface area (Å²) in [6.07, 6.45) is 0.757. The molecule has 0 radical (unpaired) electrons. The van der Waals surface area contributed by atoms with Gasteiger partial charge in [-0.2, -0.15) is 0 Å². The van der Waals surface area contributed by atoms with Crippen molar-refractivity contribution in [2.24, 2.45) is 0 Å². The van der Waals surface area contributed by atoms with Gasteiger partial charge in [0, 0.05) is 5.75 Å². The van der Waals surface area contributed by atoms with E-state index in [9.17, 15) is 9.59 Å². The van der Waals surface area contributed by atoms with Crippen LogP contribution in [0.15, 0.2) is 18.2 Å². The number of anilines is 1. The van der Waals surface area contributed by atoms with Crippen molar-refractivity contribution in [2.75, 3.05) is 11.1 Å². The second kappa shape index (κ2) is 5.55. The Morgan fingerprint density at radius 1 is 1.50 bits per heavy atom. The number of nitrogens with one attached hydrogen (secondary N) is 1. The lowest BCUT2D eigenvalue weighted by Crippen LogP contribution is -2.47. The van der Waals surface area contributed by atoms with Crippen LogP contribution in [0.3, 0.4) is 0 Å².